The molecule has 1 amide bonds. The predicted octanol–water partition coefficient (Wildman–Crippen LogP) is 2.12. The second-order valence-electron chi connectivity index (χ2n) is 7.36. The highest BCUT2D eigenvalue weighted by molar-refractivity contribution is 7.53. The molecular formula is C17H24N6O6P. The van der Waals surface area contributed by atoms with Gasteiger partial charge in [-0.25, -0.2) is 14.8 Å². The van der Waals surface area contributed by atoms with E-state index < -0.39 is 26.1 Å². The summed E-state index contributed by atoms with van der Waals surface area (Å²) in [6, 6.07) is 0. The molecule has 2 aliphatic rings. The van der Waals surface area contributed by atoms with Crippen molar-refractivity contribution in [3.63, 3.8) is 0 Å². The van der Waals surface area contributed by atoms with Crippen LogP contribution in [0.15, 0.2) is 12.5 Å². The third-order valence-corrected chi connectivity index (χ3v) is 6.50. The van der Waals surface area contributed by atoms with Crippen molar-refractivity contribution in [2.75, 3.05) is 32.0 Å². The SMILES string of the molecule is [CH2]OP(=O)(COC1(Cn2cnc3cnc(N)nc32)CC1)OCOC(=O)N1CCCC1. The lowest BCUT2D eigenvalue weighted by Gasteiger charge is -2.22. The van der Waals surface area contributed by atoms with Crippen molar-refractivity contribution in [1.82, 2.24) is 24.4 Å². The quantitative estimate of drug-likeness (QED) is 0.456. The molecule has 2 N–H and O–H groups in total. The summed E-state index contributed by atoms with van der Waals surface area (Å²) in [4.78, 5) is 25.8. The molecule has 30 heavy (non-hydrogen) atoms. The Morgan fingerprint density at radius 1 is 1.30 bits per heavy atom. The van der Waals surface area contributed by atoms with E-state index in [0.29, 0.717) is 30.8 Å². The Bertz CT molecular complexity index is 957. The number of fused-ring (bicyclic) bond motifs is 1. The highest BCUT2D eigenvalue weighted by Gasteiger charge is 2.46. The van der Waals surface area contributed by atoms with Gasteiger partial charge in [0, 0.05) is 13.1 Å². The molecule has 2 aromatic heterocycles. The number of imidazole rings is 1. The maximum absolute atomic E-state index is 12.7. The topological polar surface area (TPSA) is 144 Å². The molecule has 0 spiro atoms. The van der Waals surface area contributed by atoms with Crippen LogP contribution < -0.4 is 5.73 Å². The fourth-order valence-electron chi connectivity index (χ4n) is 3.26. The maximum Gasteiger partial charge on any atom is 0.411 e. The zero-order chi connectivity index (χ0) is 21.2. The minimum absolute atomic E-state index is 0.154. The number of amides is 1. The van der Waals surface area contributed by atoms with E-state index in [4.69, 9.17) is 24.3 Å². The van der Waals surface area contributed by atoms with Gasteiger partial charge in [-0.3, -0.25) is 9.09 Å². The number of hydrogen-bond donors (Lipinski definition) is 1. The molecule has 2 aromatic rings. The molecule has 3 heterocycles. The molecule has 1 saturated carbocycles. The van der Waals surface area contributed by atoms with Gasteiger partial charge in [0.1, 0.15) is 11.9 Å². The van der Waals surface area contributed by atoms with Crippen LogP contribution >= 0.6 is 7.60 Å². The number of carbonyl (C=O) groups is 1. The summed E-state index contributed by atoms with van der Waals surface area (Å²) >= 11 is 0. The fourth-order valence-corrected chi connectivity index (χ4v) is 4.13. The third-order valence-electron chi connectivity index (χ3n) is 5.16. The van der Waals surface area contributed by atoms with Crippen LogP contribution in [0, 0.1) is 7.11 Å². The van der Waals surface area contributed by atoms with Crippen LogP contribution in [0.4, 0.5) is 10.7 Å². The normalized spacial score (nSPS) is 19.7. The van der Waals surface area contributed by atoms with Crippen LogP contribution in [0.5, 0.6) is 0 Å². The Balaban J connectivity index is 1.30. The van der Waals surface area contributed by atoms with Gasteiger partial charge in [0.05, 0.1) is 31.8 Å². The fraction of sp³-hybridized carbons (Fsp3) is 0.588. The zero-order valence-electron chi connectivity index (χ0n) is 16.4. The summed E-state index contributed by atoms with van der Waals surface area (Å²) in [6.07, 6.45) is 5.76. The number of nitrogen functional groups attached to an aromatic ring is 1. The number of rotatable bonds is 9. The number of anilines is 1. The van der Waals surface area contributed by atoms with E-state index in [9.17, 15) is 9.36 Å². The van der Waals surface area contributed by atoms with E-state index in [1.54, 1.807) is 17.4 Å². The van der Waals surface area contributed by atoms with Crippen LogP contribution in [0.2, 0.25) is 0 Å². The van der Waals surface area contributed by atoms with Crippen molar-refractivity contribution < 1.29 is 27.9 Å². The number of aromatic nitrogens is 4. The second-order valence-corrected chi connectivity index (χ2v) is 9.35. The van der Waals surface area contributed by atoms with Crippen LogP contribution in [0.3, 0.4) is 0 Å². The molecule has 13 heteroatoms. The molecule has 0 bridgehead atoms. The van der Waals surface area contributed by atoms with Crippen molar-refractivity contribution in [1.29, 1.82) is 0 Å². The van der Waals surface area contributed by atoms with Gasteiger partial charge >= 0.3 is 13.7 Å². The Kier molecular flexibility index (Phi) is 5.92. The van der Waals surface area contributed by atoms with Gasteiger partial charge in [-0.05, 0) is 25.7 Å². The van der Waals surface area contributed by atoms with Crippen LogP contribution in [0.1, 0.15) is 25.7 Å². The van der Waals surface area contributed by atoms with Gasteiger partial charge in [0.15, 0.2) is 5.65 Å². The molecule has 1 saturated heterocycles. The maximum atomic E-state index is 12.7. The van der Waals surface area contributed by atoms with E-state index >= 15 is 0 Å². The van der Waals surface area contributed by atoms with Crippen LogP contribution in [-0.4, -0.2) is 62.3 Å². The molecule has 4 rings (SSSR count). The molecule has 1 aliphatic heterocycles. The van der Waals surface area contributed by atoms with Gasteiger partial charge in [-0.15, -0.1) is 0 Å². The van der Waals surface area contributed by atoms with E-state index in [2.05, 4.69) is 22.1 Å². The van der Waals surface area contributed by atoms with Crippen LogP contribution in [-0.2, 0) is 29.6 Å². The van der Waals surface area contributed by atoms with Crippen molar-refractivity contribution >= 4 is 30.8 Å². The minimum Gasteiger partial charge on any atom is -0.422 e. The summed E-state index contributed by atoms with van der Waals surface area (Å²) in [6.45, 7) is 1.24. The summed E-state index contributed by atoms with van der Waals surface area (Å²) in [5, 5.41) is 0. The highest BCUT2D eigenvalue weighted by atomic mass is 31.2. The van der Waals surface area contributed by atoms with Gasteiger partial charge in [-0.2, -0.15) is 4.98 Å². The lowest BCUT2D eigenvalue weighted by atomic mass is 10.3. The molecular weight excluding hydrogens is 415 g/mol. The average molecular weight is 439 g/mol. The largest absolute Gasteiger partial charge is 0.422 e. The lowest BCUT2D eigenvalue weighted by Crippen LogP contribution is -2.29. The first-order valence-corrected chi connectivity index (χ1v) is 11.3. The molecule has 1 atom stereocenters. The smallest absolute Gasteiger partial charge is 0.411 e. The first kappa shape index (κ1) is 21.0. The first-order valence-electron chi connectivity index (χ1n) is 9.58. The highest BCUT2D eigenvalue weighted by Crippen LogP contribution is 2.52. The Morgan fingerprint density at radius 3 is 2.77 bits per heavy atom. The minimum atomic E-state index is -3.69. The molecule has 1 radical (unpaired) electrons. The van der Waals surface area contributed by atoms with E-state index in [1.165, 1.54) is 0 Å². The number of nitrogens with two attached hydrogens (primary N) is 1. The van der Waals surface area contributed by atoms with Gasteiger partial charge in [0.2, 0.25) is 12.7 Å². The summed E-state index contributed by atoms with van der Waals surface area (Å²) in [5.41, 5.74) is 6.33. The van der Waals surface area contributed by atoms with Crippen molar-refractivity contribution in [3.8, 4) is 0 Å². The van der Waals surface area contributed by atoms with E-state index in [-0.39, 0.29) is 12.3 Å². The summed E-state index contributed by atoms with van der Waals surface area (Å²) in [7, 11) is -0.475. The predicted molar refractivity (Wildman–Crippen MR) is 105 cm³/mol. The number of hydrogen-bond acceptors (Lipinski definition) is 10. The number of carbonyl (C=O) groups excluding carboxylic acids is 1. The average Bonchev–Trinajstić information content (AvgIpc) is 3.12. The third kappa shape index (κ3) is 4.72. The number of ether oxygens (including phenoxy) is 2. The second kappa shape index (κ2) is 8.46. The van der Waals surface area contributed by atoms with Crippen LogP contribution in [0.25, 0.3) is 11.2 Å². The van der Waals surface area contributed by atoms with Crippen molar-refractivity contribution in [2.45, 2.75) is 37.8 Å². The summed E-state index contributed by atoms with van der Waals surface area (Å²) in [5.74, 6) is 0.154. The molecule has 2 fully saturated rings. The standard InChI is InChI=1S/C17H24N6O6P/c1-26-30(25,29-11-27-16(24)22-6-2-3-7-22)12-28-17(4-5-17)9-23-10-20-13-8-19-15(18)21-14(13)23/h8,10H,1-7,9,11-12H2,(H2,18,19,21). The molecule has 163 valence electrons. The Hall–Kier alpha value is -2.27. The van der Waals surface area contributed by atoms with E-state index in [0.717, 1.165) is 25.7 Å². The monoisotopic (exact) mass is 439 g/mol. The Labute approximate surface area is 173 Å². The van der Waals surface area contributed by atoms with E-state index in [1.807, 2.05) is 4.57 Å². The Morgan fingerprint density at radius 2 is 2.07 bits per heavy atom. The molecule has 1 unspecified atom stereocenters. The number of nitrogens with zero attached hydrogens (tertiary/aromatic N) is 5. The zero-order valence-corrected chi connectivity index (χ0v) is 17.3. The van der Waals surface area contributed by atoms with Gasteiger partial charge in [-0.1, -0.05) is 0 Å². The molecule has 0 aromatic carbocycles. The lowest BCUT2D eigenvalue weighted by molar-refractivity contribution is 0.0108. The first-order chi connectivity index (χ1) is 14.4. The molecule has 1 aliphatic carbocycles. The van der Waals surface area contributed by atoms with Gasteiger partial charge < -0.3 is 29.2 Å². The molecule has 12 nitrogen and oxygen atoms in total. The van der Waals surface area contributed by atoms with Crippen molar-refractivity contribution in [3.05, 3.63) is 19.6 Å². The summed E-state index contributed by atoms with van der Waals surface area (Å²) < 4.78 is 35.4. The number of likely N-dealkylation sites (tertiary alicyclic amines) is 1. The van der Waals surface area contributed by atoms with Gasteiger partial charge in [0.25, 0.3) is 0 Å². The van der Waals surface area contributed by atoms with Crippen molar-refractivity contribution in [2.24, 2.45) is 0 Å².